The van der Waals surface area contributed by atoms with Gasteiger partial charge >= 0.3 is 6.18 Å². The molecule has 0 aliphatic carbocycles. The maximum Gasteiger partial charge on any atom is 0.416 e. The van der Waals surface area contributed by atoms with Crippen LogP contribution in [0.4, 0.5) is 18.9 Å². The summed E-state index contributed by atoms with van der Waals surface area (Å²) < 4.78 is 43.8. The molecule has 26 heavy (non-hydrogen) atoms. The van der Waals surface area contributed by atoms with Gasteiger partial charge in [0.05, 0.1) is 17.4 Å². The van der Waals surface area contributed by atoms with Crippen LogP contribution in [0.15, 0.2) is 60.2 Å². The van der Waals surface area contributed by atoms with Crippen molar-refractivity contribution in [2.24, 2.45) is 0 Å². The number of nitrogens with zero attached hydrogens (tertiary/aromatic N) is 1. The number of rotatable bonds is 5. The van der Waals surface area contributed by atoms with Gasteiger partial charge in [0, 0.05) is 6.20 Å². The second-order valence-electron chi connectivity index (χ2n) is 5.30. The summed E-state index contributed by atoms with van der Waals surface area (Å²) in [5, 5.41) is 4.37. The Hall–Kier alpha value is -2.87. The van der Waals surface area contributed by atoms with Crippen molar-refractivity contribution >= 4 is 22.9 Å². The van der Waals surface area contributed by atoms with Crippen molar-refractivity contribution in [3.63, 3.8) is 0 Å². The highest BCUT2D eigenvalue weighted by atomic mass is 32.1. The summed E-state index contributed by atoms with van der Waals surface area (Å²) in [7, 11) is 0. The smallest absolute Gasteiger partial charge is 0.416 e. The molecular weight excluding hydrogens is 365 g/mol. The molecule has 0 radical (unpaired) electrons. The number of thiophene rings is 1. The van der Waals surface area contributed by atoms with Crippen molar-refractivity contribution in [1.82, 2.24) is 4.98 Å². The SMILES string of the molecule is O=C(Nc1cccnc1)c1sccc1OCc1cccc(C(F)(F)F)c1. The Balaban J connectivity index is 1.69. The van der Waals surface area contributed by atoms with Gasteiger partial charge in [0.25, 0.3) is 5.91 Å². The van der Waals surface area contributed by atoms with Gasteiger partial charge in [-0.1, -0.05) is 12.1 Å². The van der Waals surface area contributed by atoms with Crippen molar-refractivity contribution in [2.75, 3.05) is 5.32 Å². The van der Waals surface area contributed by atoms with Crippen molar-refractivity contribution in [3.8, 4) is 5.75 Å². The van der Waals surface area contributed by atoms with Crippen LogP contribution in [-0.2, 0) is 12.8 Å². The third-order valence-electron chi connectivity index (χ3n) is 3.40. The summed E-state index contributed by atoms with van der Waals surface area (Å²) in [4.78, 5) is 16.6. The molecule has 0 aliphatic rings. The lowest BCUT2D eigenvalue weighted by molar-refractivity contribution is -0.137. The van der Waals surface area contributed by atoms with E-state index in [4.69, 9.17) is 4.74 Å². The highest BCUT2D eigenvalue weighted by Crippen LogP contribution is 2.30. The highest BCUT2D eigenvalue weighted by Gasteiger charge is 2.30. The molecule has 8 heteroatoms. The van der Waals surface area contributed by atoms with E-state index in [1.807, 2.05) is 0 Å². The molecule has 3 rings (SSSR count). The van der Waals surface area contributed by atoms with Gasteiger partial charge in [-0.3, -0.25) is 9.78 Å². The van der Waals surface area contributed by atoms with E-state index in [-0.39, 0.29) is 12.5 Å². The van der Waals surface area contributed by atoms with E-state index in [1.165, 1.54) is 29.7 Å². The van der Waals surface area contributed by atoms with Crippen LogP contribution >= 0.6 is 11.3 Å². The minimum absolute atomic E-state index is 0.0756. The number of halogens is 3. The molecule has 1 amide bonds. The molecule has 2 heterocycles. The lowest BCUT2D eigenvalue weighted by atomic mass is 10.1. The molecule has 2 aromatic heterocycles. The average molecular weight is 378 g/mol. The fraction of sp³-hybridized carbons (Fsp3) is 0.111. The van der Waals surface area contributed by atoms with Crippen LogP contribution in [0.2, 0.25) is 0 Å². The minimum atomic E-state index is -4.41. The van der Waals surface area contributed by atoms with Crippen LogP contribution in [0.1, 0.15) is 20.8 Å². The van der Waals surface area contributed by atoms with E-state index >= 15 is 0 Å². The van der Waals surface area contributed by atoms with Crippen LogP contribution in [0.5, 0.6) is 5.75 Å². The molecule has 1 N–H and O–H groups in total. The van der Waals surface area contributed by atoms with Gasteiger partial charge in [-0.15, -0.1) is 11.3 Å². The zero-order chi connectivity index (χ0) is 18.6. The molecular formula is C18H13F3N2O2S. The fourth-order valence-electron chi connectivity index (χ4n) is 2.20. The molecule has 3 aromatic rings. The number of alkyl halides is 3. The number of carbonyl (C=O) groups excluding carboxylic acids is 1. The normalized spacial score (nSPS) is 11.2. The number of carbonyl (C=O) groups is 1. The summed E-state index contributed by atoms with van der Waals surface area (Å²) in [5.41, 5.74) is 0.165. The van der Waals surface area contributed by atoms with Gasteiger partial charge in [-0.05, 0) is 41.3 Å². The number of amides is 1. The van der Waals surface area contributed by atoms with Crippen LogP contribution < -0.4 is 10.1 Å². The van der Waals surface area contributed by atoms with Gasteiger partial charge in [0.15, 0.2) is 0 Å². The summed E-state index contributed by atoms with van der Waals surface area (Å²) in [5.74, 6) is -0.0548. The zero-order valence-corrected chi connectivity index (χ0v) is 14.1. The Kier molecular flexibility index (Phi) is 5.22. The Bertz CT molecular complexity index is 895. The molecule has 0 unspecified atom stereocenters. The highest BCUT2D eigenvalue weighted by molar-refractivity contribution is 7.12. The first-order valence-corrected chi connectivity index (χ1v) is 8.39. The minimum Gasteiger partial charge on any atom is -0.487 e. The van der Waals surface area contributed by atoms with Gasteiger partial charge in [0.2, 0.25) is 0 Å². The molecule has 0 aliphatic heterocycles. The van der Waals surface area contributed by atoms with Gasteiger partial charge in [-0.2, -0.15) is 13.2 Å². The molecule has 134 valence electrons. The first-order valence-electron chi connectivity index (χ1n) is 7.51. The standard InChI is InChI=1S/C18H13F3N2O2S/c19-18(20,21)13-4-1-3-12(9-13)11-25-15-6-8-26-16(15)17(24)23-14-5-2-7-22-10-14/h1-10H,11H2,(H,23,24). The number of anilines is 1. The van der Waals surface area contributed by atoms with Crippen LogP contribution in [0, 0.1) is 0 Å². The Labute approximate surface area is 151 Å². The summed E-state index contributed by atoms with van der Waals surface area (Å²) in [6, 6.07) is 9.89. The molecule has 0 saturated carbocycles. The number of pyridine rings is 1. The van der Waals surface area contributed by atoms with Crippen LogP contribution in [0.3, 0.4) is 0 Å². The molecule has 0 spiro atoms. The van der Waals surface area contributed by atoms with Crippen molar-refractivity contribution in [3.05, 3.63) is 76.2 Å². The number of ether oxygens (including phenoxy) is 1. The topological polar surface area (TPSA) is 51.2 Å². The predicted octanol–water partition coefficient (Wildman–Crippen LogP) is 4.99. The van der Waals surface area contributed by atoms with Gasteiger partial charge in [-0.25, -0.2) is 0 Å². The number of aromatic nitrogens is 1. The van der Waals surface area contributed by atoms with Crippen LogP contribution in [-0.4, -0.2) is 10.9 Å². The first-order chi connectivity index (χ1) is 12.4. The molecule has 0 fully saturated rings. The largest absolute Gasteiger partial charge is 0.487 e. The number of hydrogen-bond acceptors (Lipinski definition) is 4. The molecule has 0 saturated heterocycles. The van der Waals surface area contributed by atoms with Crippen molar-refractivity contribution in [1.29, 1.82) is 0 Å². The summed E-state index contributed by atoms with van der Waals surface area (Å²) >= 11 is 1.18. The van der Waals surface area contributed by atoms with Gasteiger partial charge < -0.3 is 10.1 Å². The zero-order valence-electron chi connectivity index (χ0n) is 13.3. The number of benzene rings is 1. The quantitative estimate of drug-likeness (QED) is 0.680. The Morgan fingerprint density at radius 1 is 1.19 bits per heavy atom. The molecule has 1 aromatic carbocycles. The van der Waals surface area contributed by atoms with E-state index in [9.17, 15) is 18.0 Å². The fourth-order valence-corrected chi connectivity index (χ4v) is 2.93. The van der Waals surface area contributed by atoms with E-state index in [2.05, 4.69) is 10.3 Å². The Morgan fingerprint density at radius 3 is 2.77 bits per heavy atom. The molecule has 0 atom stereocenters. The Morgan fingerprint density at radius 2 is 2.04 bits per heavy atom. The third-order valence-corrected chi connectivity index (χ3v) is 4.30. The number of nitrogens with one attached hydrogen (secondary N) is 1. The maximum absolute atomic E-state index is 12.8. The monoisotopic (exact) mass is 378 g/mol. The van der Waals surface area contributed by atoms with Crippen molar-refractivity contribution < 1.29 is 22.7 Å². The number of hydrogen-bond donors (Lipinski definition) is 1. The van der Waals surface area contributed by atoms with Gasteiger partial charge in [0.1, 0.15) is 17.2 Å². The predicted molar refractivity (Wildman–Crippen MR) is 92.3 cm³/mol. The van der Waals surface area contributed by atoms with Crippen molar-refractivity contribution in [2.45, 2.75) is 12.8 Å². The first kappa shape index (κ1) is 17.9. The van der Waals surface area contributed by atoms with E-state index < -0.39 is 11.7 Å². The lowest BCUT2D eigenvalue weighted by Gasteiger charge is -2.10. The van der Waals surface area contributed by atoms with E-state index in [0.717, 1.165) is 12.1 Å². The molecule has 0 bridgehead atoms. The summed E-state index contributed by atoms with van der Waals surface area (Å²) in [6.07, 6.45) is -1.31. The molecule has 4 nitrogen and oxygen atoms in total. The second-order valence-corrected chi connectivity index (χ2v) is 6.21. The van der Waals surface area contributed by atoms with Crippen LogP contribution in [0.25, 0.3) is 0 Å². The third kappa shape index (κ3) is 4.40. The second kappa shape index (κ2) is 7.57. The van der Waals surface area contributed by atoms with E-state index in [0.29, 0.717) is 21.9 Å². The average Bonchev–Trinajstić information content (AvgIpc) is 3.09. The van der Waals surface area contributed by atoms with E-state index in [1.54, 1.807) is 29.8 Å². The summed E-state index contributed by atoms with van der Waals surface area (Å²) in [6.45, 7) is -0.0756. The lowest BCUT2D eigenvalue weighted by Crippen LogP contribution is -2.12. The maximum atomic E-state index is 12.8.